The summed E-state index contributed by atoms with van der Waals surface area (Å²) in [4.78, 5) is 30.9. The van der Waals surface area contributed by atoms with Crippen molar-refractivity contribution in [3.8, 4) is 5.75 Å². The van der Waals surface area contributed by atoms with Gasteiger partial charge in [-0.15, -0.1) is 5.10 Å². The van der Waals surface area contributed by atoms with E-state index in [2.05, 4.69) is 48.5 Å². The molecule has 2 fully saturated rings. The molecule has 3 aliphatic rings. The maximum Gasteiger partial charge on any atom is 0.264 e. The number of carbonyl (C=O) groups is 2. The number of fused-ring (bicyclic) bond motifs is 2. The second-order valence-corrected chi connectivity index (χ2v) is 20.1. The Morgan fingerprint density at radius 3 is 2.35 bits per heavy atom. The van der Waals surface area contributed by atoms with Crippen LogP contribution >= 0.6 is 0 Å². The number of aryl methyl sites for hydroxylation is 1. The van der Waals surface area contributed by atoms with Gasteiger partial charge in [-0.1, -0.05) is 103 Å². The lowest BCUT2D eigenvalue weighted by molar-refractivity contribution is -0.146. The number of nitrogens with zero attached hydrogens (tertiary/aromatic N) is 5. The molecule has 0 saturated carbocycles. The minimum Gasteiger partial charge on any atom is -0.497 e. The second kappa shape index (κ2) is 14.3. The van der Waals surface area contributed by atoms with Crippen molar-refractivity contribution in [2.75, 3.05) is 30.1 Å². The molecule has 1 N–H and O–H groups in total. The zero-order valence-corrected chi connectivity index (χ0v) is 32.3. The summed E-state index contributed by atoms with van der Waals surface area (Å²) in [6, 6.07) is 34.3. The number of carbonyl (C=O) groups excluding carboxylic acids is 2. The zero-order valence-electron chi connectivity index (χ0n) is 31.3. The molecule has 0 bridgehead atoms. The van der Waals surface area contributed by atoms with Gasteiger partial charge in [0.15, 0.2) is 5.60 Å². The molecular formula is C43H47N5O5Si. The van der Waals surface area contributed by atoms with E-state index in [9.17, 15) is 9.90 Å². The van der Waals surface area contributed by atoms with Gasteiger partial charge >= 0.3 is 0 Å². The van der Waals surface area contributed by atoms with Crippen molar-refractivity contribution in [3.63, 3.8) is 0 Å². The number of aromatic nitrogens is 3. The lowest BCUT2D eigenvalue weighted by atomic mass is 9.82. The molecular weight excluding hydrogens is 695 g/mol. The van der Waals surface area contributed by atoms with Crippen molar-refractivity contribution in [1.29, 1.82) is 0 Å². The van der Waals surface area contributed by atoms with E-state index in [1.165, 1.54) is 5.19 Å². The minimum absolute atomic E-state index is 0.0399. The number of aliphatic hydroxyl groups is 1. The summed E-state index contributed by atoms with van der Waals surface area (Å²) in [6.07, 6.45) is 2.89. The van der Waals surface area contributed by atoms with E-state index in [1.807, 2.05) is 101 Å². The normalized spacial score (nSPS) is 22.8. The Balaban J connectivity index is 1.12. The summed E-state index contributed by atoms with van der Waals surface area (Å²) in [5, 5.41) is 20.5. The largest absolute Gasteiger partial charge is 0.497 e. The molecule has 4 heterocycles. The minimum atomic E-state index is -2.33. The maximum atomic E-state index is 15.1. The number of benzene rings is 4. The van der Waals surface area contributed by atoms with Crippen molar-refractivity contribution in [2.45, 2.75) is 69.1 Å². The summed E-state index contributed by atoms with van der Waals surface area (Å²) in [5.41, 5.74) is 4.27. The van der Waals surface area contributed by atoms with Gasteiger partial charge in [0.25, 0.3) is 5.91 Å². The van der Waals surface area contributed by atoms with E-state index >= 15 is 4.79 Å². The van der Waals surface area contributed by atoms with Crippen LogP contribution in [0, 0.1) is 5.92 Å². The quantitative estimate of drug-likeness (QED) is 0.123. The molecule has 8 rings (SSSR count). The van der Waals surface area contributed by atoms with Crippen LogP contribution < -0.4 is 19.7 Å². The molecule has 5 aromatic rings. The summed E-state index contributed by atoms with van der Waals surface area (Å²) in [6.45, 7) is 8.59. The molecule has 1 unspecified atom stereocenters. The van der Waals surface area contributed by atoms with Gasteiger partial charge in [-0.05, 0) is 53.4 Å². The van der Waals surface area contributed by atoms with E-state index in [0.29, 0.717) is 31.6 Å². The number of methoxy groups -OCH3 is 1. The van der Waals surface area contributed by atoms with Crippen LogP contribution in [-0.4, -0.2) is 66.4 Å². The molecule has 5 atom stereocenters. The van der Waals surface area contributed by atoms with E-state index < -0.39 is 13.7 Å². The Kier molecular flexibility index (Phi) is 9.49. The maximum absolute atomic E-state index is 15.1. The summed E-state index contributed by atoms with van der Waals surface area (Å²) in [7, 11) is -0.653. The molecule has 10 nitrogen and oxygen atoms in total. The standard InChI is InChI=1S/C43H47N5O5Si/c1-29-41(54(3,4)34-20-18-33(52-2)19-21-34)39(22-24-46-27-37(44-45-46)35(28-49)31-10-6-5-7-11-31)53-43(29)36-12-8-9-13-38(36)48(42(43)51)26-30-14-16-32(17-15-30)47-25-23-40(47)50/h5-21,27,29,35,39,41,49H,22-26,28H2,1-4H3/t29-,35?,39+,41-,43+/m1/s1. The molecule has 1 spiro atoms. The van der Waals surface area contributed by atoms with Gasteiger partial charge in [-0.2, -0.15) is 0 Å². The van der Waals surface area contributed by atoms with Gasteiger partial charge in [-0.25, -0.2) is 0 Å². The Labute approximate surface area is 317 Å². The summed E-state index contributed by atoms with van der Waals surface area (Å²) < 4.78 is 14.7. The Morgan fingerprint density at radius 1 is 0.963 bits per heavy atom. The highest BCUT2D eigenvalue weighted by atomic mass is 28.3. The lowest BCUT2D eigenvalue weighted by Gasteiger charge is -2.37. The monoisotopic (exact) mass is 741 g/mol. The second-order valence-electron chi connectivity index (χ2n) is 15.4. The fourth-order valence-electron chi connectivity index (χ4n) is 9.14. The molecule has 0 radical (unpaired) electrons. The van der Waals surface area contributed by atoms with Crippen LogP contribution in [0.25, 0.3) is 0 Å². The first-order chi connectivity index (χ1) is 26.1. The average Bonchev–Trinajstić information content (AvgIpc) is 3.85. The number of amides is 2. The van der Waals surface area contributed by atoms with Crippen molar-refractivity contribution in [1.82, 2.24) is 15.0 Å². The molecule has 3 aliphatic heterocycles. The van der Waals surface area contributed by atoms with Crippen LogP contribution in [0.1, 0.15) is 48.1 Å². The average molecular weight is 742 g/mol. The molecule has 2 saturated heterocycles. The topological polar surface area (TPSA) is 110 Å². The van der Waals surface area contributed by atoms with E-state index in [-0.39, 0.29) is 41.9 Å². The first-order valence-electron chi connectivity index (χ1n) is 18.8. The molecule has 11 heteroatoms. The van der Waals surface area contributed by atoms with E-state index in [0.717, 1.165) is 40.4 Å². The highest BCUT2D eigenvalue weighted by Crippen LogP contribution is 2.60. The van der Waals surface area contributed by atoms with Crippen LogP contribution in [0.3, 0.4) is 0 Å². The van der Waals surface area contributed by atoms with Gasteiger partial charge in [0.1, 0.15) is 5.75 Å². The number of anilines is 2. The molecule has 0 aliphatic carbocycles. The third-order valence-electron chi connectivity index (χ3n) is 12.1. The highest BCUT2D eigenvalue weighted by molar-refractivity contribution is 6.91. The van der Waals surface area contributed by atoms with Crippen LogP contribution in [0.2, 0.25) is 18.6 Å². The third-order valence-corrected chi connectivity index (χ3v) is 16.5. The highest BCUT2D eigenvalue weighted by Gasteiger charge is 2.66. The van der Waals surface area contributed by atoms with Crippen molar-refractivity contribution in [2.24, 2.45) is 5.92 Å². The number of β-lactam (4-membered cyclic amide) rings is 1. The predicted molar refractivity (Wildman–Crippen MR) is 211 cm³/mol. The van der Waals surface area contributed by atoms with E-state index in [1.54, 1.807) is 12.0 Å². The Hall–Kier alpha value is -5.10. The fourth-order valence-corrected chi connectivity index (χ4v) is 13.2. The van der Waals surface area contributed by atoms with Crippen LogP contribution in [0.4, 0.5) is 11.4 Å². The summed E-state index contributed by atoms with van der Waals surface area (Å²) in [5.74, 6) is 0.505. The number of aliphatic hydroxyl groups excluding tert-OH is 1. The molecule has 1 aromatic heterocycles. The van der Waals surface area contributed by atoms with Gasteiger partial charge < -0.3 is 24.4 Å². The fraction of sp³-hybridized carbons (Fsp3) is 0.349. The van der Waals surface area contributed by atoms with Gasteiger partial charge in [-0.3, -0.25) is 14.3 Å². The lowest BCUT2D eigenvalue weighted by Crippen LogP contribution is -2.51. The molecule has 2 amide bonds. The van der Waals surface area contributed by atoms with E-state index in [4.69, 9.17) is 9.47 Å². The number of rotatable bonds is 12. The zero-order chi connectivity index (χ0) is 37.6. The first-order valence-corrected chi connectivity index (χ1v) is 21.9. The smallest absolute Gasteiger partial charge is 0.264 e. The third kappa shape index (κ3) is 6.04. The molecule has 278 valence electrons. The first kappa shape index (κ1) is 35.9. The number of hydrogen-bond acceptors (Lipinski definition) is 7. The number of para-hydroxylation sites is 1. The predicted octanol–water partition coefficient (Wildman–Crippen LogP) is 6.00. The van der Waals surface area contributed by atoms with Gasteiger partial charge in [0.05, 0.1) is 51.7 Å². The number of ether oxygens (including phenoxy) is 2. The van der Waals surface area contributed by atoms with Gasteiger partial charge in [0.2, 0.25) is 5.91 Å². The molecule has 4 aromatic carbocycles. The summed E-state index contributed by atoms with van der Waals surface area (Å²) >= 11 is 0. The Bertz CT molecular complexity index is 2140. The van der Waals surface area contributed by atoms with Crippen LogP contribution in [0.15, 0.2) is 109 Å². The van der Waals surface area contributed by atoms with Crippen molar-refractivity contribution >= 4 is 36.4 Å². The van der Waals surface area contributed by atoms with Crippen LogP contribution in [0.5, 0.6) is 5.75 Å². The molecule has 54 heavy (non-hydrogen) atoms. The van der Waals surface area contributed by atoms with Crippen molar-refractivity contribution < 1.29 is 24.2 Å². The SMILES string of the molecule is COc1ccc([Si](C)(C)[C@H]2[C@H](CCn3cc(C(CO)c4ccccc4)nn3)O[C@@]3(C(=O)N(Cc4ccc(N5CCC5=O)cc4)c4ccccc43)[C@@H]2C)cc1. The Morgan fingerprint density at radius 2 is 1.69 bits per heavy atom. The number of hydrogen-bond donors (Lipinski definition) is 1. The van der Waals surface area contributed by atoms with Gasteiger partial charge in [0, 0.05) is 42.9 Å². The van der Waals surface area contributed by atoms with Crippen LogP contribution in [-0.2, 0) is 33.0 Å². The van der Waals surface area contributed by atoms with Crippen molar-refractivity contribution in [3.05, 3.63) is 132 Å².